The fourth-order valence-corrected chi connectivity index (χ4v) is 1.99. The van der Waals surface area contributed by atoms with Gasteiger partial charge in [0.05, 0.1) is 11.3 Å². The number of carbonyl (C=O) groups is 1. The highest BCUT2D eigenvalue weighted by Gasteiger charge is 2.31. The second kappa shape index (κ2) is 4.77. The minimum atomic E-state index is -4.42. The molecule has 0 aliphatic rings. The summed E-state index contributed by atoms with van der Waals surface area (Å²) in [6.07, 6.45) is -3.16. The van der Waals surface area contributed by atoms with Gasteiger partial charge in [0.2, 0.25) is 0 Å². The SMILES string of the molecule is Cc1nn(C)c2ncc(C(=O)N(C)CC(F)(F)F)cc12. The first kappa shape index (κ1) is 14.3. The molecule has 2 heterocycles. The number of hydrogen-bond acceptors (Lipinski definition) is 3. The van der Waals surface area contributed by atoms with Crippen LogP contribution in [0.25, 0.3) is 11.0 Å². The lowest BCUT2D eigenvalue weighted by Crippen LogP contribution is -2.35. The quantitative estimate of drug-likeness (QED) is 0.847. The van der Waals surface area contributed by atoms with E-state index in [0.717, 1.165) is 7.05 Å². The van der Waals surface area contributed by atoms with E-state index in [0.29, 0.717) is 21.6 Å². The van der Waals surface area contributed by atoms with Gasteiger partial charge in [-0.1, -0.05) is 0 Å². The van der Waals surface area contributed by atoms with Gasteiger partial charge in [0.15, 0.2) is 5.65 Å². The number of pyridine rings is 1. The first-order valence-electron chi connectivity index (χ1n) is 5.80. The van der Waals surface area contributed by atoms with Gasteiger partial charge >= 0.3 is 6.18 Å². The summed E-state index contributed by atoms with van der Waals surface area (Å²) in [4.78, 5) is 16.6. The summed E-state index contributed by atoms with van der Waals surface area (Å²) < 4.78 is 38.4. The van der Waals surface area contributed by atoms with Crippen molar-refractivity contribution in [1.82, 2.24) is 19.7 Å². The molecule has 0 fully saturated rings. The third-order valence-electron chi connectivity index (χ3n) is 2.87. The highest BCUT2D eigenvalue weighted by molar-refractivity contribution is 5.97. The number of amides is 1. The molecule has 0 N–H and O–H groups in total. The topological polar surface area (TPSA) is 51.0 Å². The Kier molecular flexibility index (Phi) is 3.41. The van der Waals surface area contributed by atoms with Crippen molar-refractivity contribution in [2.45, 2.75) is 13.1 Å². The van der Waals surface area contributed by atoms with Crippen molar-refractivity contribution in [2.24, 2.45) is 7.05 Å². The molecule has 0 unspecified atom stereocenters. The maximum absolute atomic E-state index is 12.3. The Labute approximate surface area is 113 Å². The molecule has 20 heavy (non-hydrogen) atoms. The molecule has 8 heteroatoms. The number of fused-ring (bicyclic) bond motifs is 1. The minimum absolute atomic E-state index is 0.111. The number of hydrogen-bond donors (Lipinski definition) is 0. The van der Waals surface area contributed by atoms with Gasteiger partial charge in [-0.15, -0.1) is 0 Å². The zero-order chi connectivity index (χ0) is 15.1. The molecule has 0 atom stereocenters. The van der Waals surface area contributed by atoms with Gasteiger partial charge in [0, 0.05) is 25.7 Å². The lowest BCUT2D eigenvalue weighted by atomic mass is 10.2. The number of carbonyl (C=O) groups excluding carboxylic acids is 1. The van der Waals surface area contributed by atoms with E-state index < -0.39 is 18.6 Å². The molecule has 0 aromatic carbocycles. The lowest BCUT2D eigenvalue weighted by molar-refractivity contribution is -0.138. The van der Waals surface area contributed by atoms with Crippen molar-refractivity contribution >= 4 is 16.9 Å². The molecule has 2 aromatic rings. The molecule has 0 aliphatic carbocycles. The Bertz CT molecular complexity index is 663. The highest BCUT2D eigenvalue weighted by atomic mass is 19.4. The summed E-state index contributed by atoms with van der Waals surface area (Å²) in [6.45, 7) is 0.452. The summed E-state index contributed by atoms with van der Waals surface area (Å²) in [5.41, 5.74) is 1.36. The van der Waals surface area contributed by atoms with E-state index in [-0.39, 0.29) is 5.56 Å². The summed E-state index contributed by atoms with van der Waals surface area (Å²) in [7, 11) is 2.82. The number of aryl methyl sites for hydroxylation is 2. The van der Waals surface area contributed by atoms with Gasteiger partial charge in [-0.25, -0.2) is 4.98 Å². The molecule has 0 spiro atoms. The van der Waals surface area contributed by atoms with Crippen molar-refractivity contribution in [1.29, 1.82) is 0 Å². The maximum Gasteiger partial charge on any atom is 0.406 e. The molecule has 0 aliphatic heterocycles. The largest absolute Gasteiger partial charge is 0.406 e. The molecule has 108 valence electrons. The molecule has 0 bridgehead atoms. The van der Waals surface area contributed by atoms with Gasteiger partial charge in [-0.3, -0.25) is 9.48 Å². The third kappa shape index (κ3) is 2.73. The Morgan fingerprint density at radius 3 is 2.70 bits per heavy atom. The predicted octanol–water partition coefficient (Wildman–Crippen LogP) is 1.91. The Hall–Kier alpha value is -2.12. The van der Waals surface area contributed by atoms with E-state index in [1.807, 2.05) is 0 Å². The first-order valence-corrected chi connectivity index (χ1v) is 5.80. The van der Waals surface area contributed by atoms with Crippen molar-refractivity contribution in [3.05, 3.63) is 23.5 Å². The Balaban J connectivity index is 2.33. The van der Waals surface area contributed by atoms with Crippen molar-refractivity contribution in [2.75, 3.05) is 13.6 Å². The lowest BCUT2D eigenvalue weighted by Gasteiger charge is -2.18. The van der Waals surface area contributed by atoms with Gasteiger partial charge in [0.25, 0.3) is 5.91 Å². The molecule has 2 aromatic heterocycles. The molecule has 0 radical (unpaired) electrons. The van der Waals surface area contributed by atoms with Crippen molar-refractivity contribution < 1.29 is 18.0 Å². The second-order valence-electron chi connectivity index (χ2n) is 4.58. The molecular weight excluding hydrogens is 273 g/mol. The second-order valence-corrected chi connectivity index (χ2v) is 4.58. The molecular formula is C12H13F3N4O. The van der Waals surface area contributed by atoms with Crippen LogP contribution in [0.4, 0.5) is 13.2 Å². The van der Waals surface area contributed by atoms with Crippen LogP contribution in [0.15, 0.2) is 12.3 Å². The van der Waals surface area contributed by atoms with Crippen LogP contribution in [0.5, 0.6) is 0 Å². The monoisotopic (exact) mass is 286 g/mol. The van der Waals surface area contributed by atoms with E-state index in [4.69, 9.17) is 0 Å². The van der Waals surface area contributed by atoms with Crippen LogP contribution < -0.4 is 0 Å². The number of alkyl halides is 3. The highest BCUT2D eigenvalue weighted by Crippen LogP contribution is 2.19. The maximum atomic E-state index is 12.3. The summed E-state index contributed by atoms with van der Waals surface area (Å²) in [5, 5.41) is 4.80. The van der Waals surface area contributed by atoms with Crippen LogP contribution in [-0.2, 0) is 7.05 Å². The van der Waals surface area contributed by atoms with Gasteiger partial charge < -0.3 is 4.90 Å². The third-order valence-corrected chi connectivity index (χ3v) is 2.87. The number of nitrogens with zero attached hydrogens (tertiary/aromatic N) is 4. The Morgan fingerprint density at radius 2 is 2.10 bits per heavy atom. The normalized spacial score (nSPS) is 11.9. The summed E-state index contributed by atoms with van der Waals surface area (Å²) in [5.74, 6) is -0.722. The van der Waals surface area contributed by atoms with Crippen molar-refractivity contribution in [3.8, 4) is 0 Å². The molecule has 0 saturated heterocycles. The van der Waals surface area contributed by atoms with Crippen LogP contribution in [0.3, 0.4) is 0 Å². The van der Waals surface area contributed by atoms with Crippen LogP contribution in [0.2, 0.25) is 0 Å². The van der Waals surface area contributed by atoms with Gasteiger partial charge in [-0.2, -0.15) is 18.3 Å². The van der Waals surface area contributed by atoms with E-state index in [1.54, 1.807) is 18.7 Å². The first-order chi connectivity index (χ1) is 9.19. The van der Waals surface area contributed by atoms with Gasteiger partial charge in [0.1, 0.15) is 6.54 Å². The van der Waals surface area contributed by atoms with Gasteiger partial charge in [-0.05, 0) is 13.0 Å². The van der Waals surface area contributed by atoms with E-state index in [1.165, 1.54) is 12.3 Å². The van der Waals surface area contributed by atoms with Crippen LogP contribution >= 0.6 is 0 Å². The molecule has 5 nitrogen and oxygen atoms in total. The molecule has 1 amide bonds. The Morgan fingerprint density at radius 1 is 1.45 bits per heavy atom. The molecule has 0 saturated carbocycles. The number of rotatable bonds is 2. The number of halogens is 3. The molecule has 2 rings (SSSR count). The van der Waals surface area contributed by atoms with Crippen LogP contribution in [0, 0.1) is 6.92 Å². The zero-order valence-corrected chi connectivity index (χ0v) is 11.2. The smallest absolute Gasteiger partial charge is 0.333 e. The predicted molar refractivity (Wildman–Crippen MR) is 66.3 cm³/mol. The minimum Gasteiger partial charge on any atom is -0.333 e. The average molecular weight is 286 g/mol. The number of aromatic nitrogens is 3. The van der Waals surface area contributed by atoms with E-state index in [9.17, 15) is 18.0 Å². The van der Waals surface area contributed by atoms with Crippen LogP contribution in [-0.4, -0.2) is 45.3 Å². The van der Waals surface area contributed by atoms with E-state index in [2.05, 4.69) is 10.1 Å². The summed E-state index contributed by atoms with van der Waals surface area (Å²) in [6, 6.07) is 1.51. The zero-order valence-electron chi connectivity index (χ0n) is 11.2. The standard InChI is InChI=1S/C12H13F3N4O/c1-7-9-4-8(5-16-10(9)19(3)17-7)11(20)18(2)6-12(13,14)15/h4-5H,6H2,1-3H3. The fourth-order valence-electron chi connectivity index (χ4n) is 1.99. The van der Waals surface area contributed by atoms with E-state index >= 15 is 0 Å². The fraction of sp³-hybridized carbons (Fsp3) is 0.417. The average Bonchev–Trinajstić information content (AvgIpc) is 2.61. The van der Waals surface area contributed by atoms with Crippen molar-refractivity contribution in [3.63, 3.8) is 0 Å². The summed E-state index contributed by atoms with van der Waals surface area (Å²) >= 11 is 0. The van der Waals surface area contributed by atoms with Crippen LogP contribution in [0.1, 0.15) is 16.1 Å².